The Morgan fingerprint density at radius 1 is 1.11 bits per heavy atom. The molecule has 1 fully saturated rings. The molecule has 0 aromatic heterocycles. The van der Waals surface area contributed by atoms with Crippen LogP contribution < -0.4 is 0 Å². The van der Waals surface area contributed by atoms with Crippen LogP contribution in [-0.4, -0.2) is 32.3 Å². The Morgan fingerprint density at radius 2 is 1.75 bits per heavy atom. The average molecular weight is 515 g/mol. The summed E-state index contributed by atoms with van der Waals surface area (Å²) in [5.74, 6) is 0.740. The van der Waals surface area contributed by atoms with E-state index in [1.165, 1.54) is 11.1 Å². The molecule has 2 rings (SSSR count). The molecule has 5 heteroatoms. The van der Waals surface area contributed by atoms with E-state index in [0.717, 1.165) is 25.7 Å². The summed E-state index contributed by atoms with van der Waals surface area (Å²) < 4.78 is 12.1. The second kappa shape index (κ2) is 13.2. The van der Waals surface area contributed by atoms with Crippen molar-refractivity contribution in [1.29, 1.82) is 0 Å². The number of hydrogen-bond donors (Lipinski definition) is 0. The van der Waals surface area contributed by atoms with Gasteiger partial charge in [-0.15, -0.1) is 0 Å². The van der Waals surface area contributed by atoms with Gasteiger partial charge in [-0.05, 0) is 82.0 Å². The van der Waals surface area contributed by atoms with E-state index in [2.05, 4.69) is 84.1 Å². The van der Waals surface area contributed by atoms with Gasteiger partial charge < -0.3 is 9.16 Å². The van der Waals surface area contributed by atoms with Crippen LogP contribution in [0, 0.1) is 24.7 Å². The molecular formula is C31H50O4Si. The minimum absolute atomic E-state index is 0.0111. The first-order valence-electron chi connectivity index (χ1n) is 13.8. The summed E-state index contributed by atoms with van der Waals surface area (Å²) in [5, 5.41) is 0.107. The topological polar surface area (TPSA) is 52.6 Å². The van der Waals surface area contributed by atoms with Gasteiger partial charge in [-0.3, -0.25) is 9.59 Å². The number of ether oxygens (including phenoxy) is 1. The number of ketones is 1. The minimum atomic E-state index is -2.00. The van der Waals surface area contributed by atoms with Gasteiger partial charge >= 0.3 is 5.97 Å². The van der Waals surface area contributed by atoms with Gasteiger partial charge in [0.15, 0.2) is 8.32 Å². The Labute approximate surface area is 221 Å². The Hall–Kier alpha value is -1.72. The Kier molecular flexibility index (Phi) is 11.2. The van der Waals surface area contributed by atoms with Gasteiger partial charge in [-0.1, -0.05) is 69.7 Å². The second-order valence-corrected chi connectivity index (χ2v) is 17.3. The standard InChI is InChI=1S/C31H50O4Si/c1-22(2)34-29(33)15-13-11-10-12-14-26-27(32)21-28(35-36(8,9)31(5,6)7)30(26)24(4)20-25-18-16-23(3)17-19-25/h10,12,16-19,22,24,26,28,30H,11,13-15,20-21H2,1-9H3/b12-10-/t24?,26-,28?,30+/m0/s1. The summed E-state index contributed by atoms with van der Waals surface area (Å²) in [6, 6.07) is 8.77. The van der Waals surface area contributed by atoms with Crippen molar-refractivity contribution in [3.05, 3.63) is 47.5 Å². The van der Waals surface area contributed by atoms with Crippen LogP contribution in [-0.2, 0) is 25.2 Å². The SMILES string of the molecule is Cc1ccc(CC(C)[C@H]2C(O[Si](C)(C)C(C)(C)C)CC(=O)[C@@H]2C/C=C\CCCC(=O)OC(C)C)cc1. The Bertz CT molecular complexity index is 879. The van der Waals surface area contributed by atoms with Crippen LogP contribution >= 0.6 is 0 Å². The van der Waals surface area contributed by atoms with Crippen LogP contribution in [0.2, 0.25) is 18.1 Å². The molecule has 0 saturated heterocycles. The number of allylic oxidation sites excluding steroid dienone is 2. The van der Waals surface area contributed by atoms with Gasteiger partial charge in [0.2, 0.25) is 0 Å². The fourth-order valence-corrected chi connectivity index (χ4v) is 6.32. The number of rotatable bonds is 12. The molecule has 0 radical (unpaired) electrons. The maximum atomic E-state index is 13.3. The summed E-state index contributed by atoms with van der Waals surface area (Å²) in [7, 11) is -2.00. The number of hydrogen-bond acceptors (Lipinski definition) is 4. The molecule has 1 aromatic rings. The van der Waals surface area contributed by atoms with E-state index in [4.69, 9.17) is 9.16 Å². The molecule has 0 N–H and O–H groups in total. The Balaban J connectivity index is 2.11. The number of carbonyl (C=O) groups is 2. The van der Waals surface area contributed by atoms with Gasteiger partial charge in [0.05, 0.1) is 12.2 Å². The van der Waals surface area contributed by atoms with Crippen molar-refractivity contribution in [3.8, 4) is 0 Å². The zero-order chi connectivity index (χ0) is 27.1. The maximum Gasteiger partial charge on any atom is 0.306 e. The number of aryl methyl sites for hydroxylation is 1. The van der Waals surface area contributed by atoms with Gasteiger partial charge in [0.1, 0.15) is 5.78 Å². The molecule has 4 atom stereocenters. The molecule has 0 bridgehead atoms. The zero-order valence-electron chi connectivity index (χ0n) is 24.2. The van der Waals surface area contributed by atoms with Crippen molar-refractivity contribution >= 4 is 20.1 Å². The third-order valence-corrected chi connectivity index (χ3v) is 12.5. The molecule has 1 aliphatic rings. The third kappa shape index (κ3) is 8.99. The maximum absolute atomic E-state index is 13.3. The predicted molar refractivity (Wildman–Crippen MR) is 152 cm³/mol. The minimum Gasteiger partial charge on any atom is -0.463 e. The molecule has 202 valence electrons. The molecule has 36 heavy (non-hydrogen) atoms. The molecular weight excluding hydrogens is 464 g/mol. The monoisotopic (exact) mass is 514 g/mol. The van der Waals surface area contributed by atoms with E-state index in [-0.39, 0.29) is 35.1 Å². The fourth-order valence-electron chi connectivity index (χ4n) is 4.97. The third-order valence-electron chi connectivity index (χ3n) is 7.97. The van der Waals surface area contributed by atoms with E-state index < -0.39 is 8.32 Å². The highest BCUT2D eigenvalue weighted by atomic mass is 28.4. The van der Waals surface area contributed by atoms with Crippen molar-refractivity contribution in [1.82, 2.24) is 0 Å². The highest BCUT2D eigenvalue weighted by molar-refractivity contribution is 6.74. The summed E-state index contributed by atoms with van der Waals surface area (Å²) in [4.78, 5) is 25.0. The Morgan fingerprint density at radius 3 is 2.33 bits per heavy atom. The number of unbranched alkanes of at least 4 members (excludes halogenated alkanes) is 1. The largest absolute Gasteiger partial charge is 0.463 e. The predicted octanol–water partition coefficient (Wildman–Crippen LogP) is 7.84. The van der Waals surface area contributed by atoms with Crippen molar-refractivity contribution in [2.75, 3.05) is 0 Å². The molecule has 4 nitrogen and oxygen atoms in total. The van der Waals surface area contributed by atoms with Gasteiger partial charge in [0.25, 0.3) is 0 Å². The van der Waals surface area contributed by atoms with Crippen molar-refractivity contribution in [3.63, 3.8) is 0 Å². The van der Waals surface area contributed by atoms with E-state index in [0.29, 0.717) is 24.5 Å². The molecule has 0 aliphatic heterocycles. The lowest BCUT2D eigenvalue weighted by Crippen LogP contribution is -2.46. The lowest BCUT2D eigenvalue weighted by atomic mass is 9.79. The highest BCUT2D eigenvalue weighted by Crippen LogP contribution is 2.45. The van der Waals surface area contributed by atoms with E-state index in [1.807, 2.05) is 13.8 Å². The average Bonchev–Trinajstić information content (AvgIpc) is 3.05. The van der Waals surface area contributed by atoms with Crippen molar-refractivity contribution in [2.45, 2.75) is 117 Å². The first-order chi connectivity index (χ1) is 16.7. The zero-order valence-corrected chi connectivity index (χ0v) is 25.2. The summed E-state index contributed by atoms with van der Waals surface area (Å²) >= 11 is 0. The van der Waals surface area contributed by atoms with Crippen LogP contribution in [0.5, 0.6) is 0 Å². The lowest BCUT2D eigenvalue weighted by Gasteiger charge is -2.41. The van der Waals surface area contributed by atoms with Gasteiger partial charge in [0, 0.05) is 18.8 Å². The molecule has 1 aliphatic carbocycles. The van der Waals surface area contributed by atoms with Gasteiger partial charge in [-0.2, -0.15) is 0 Å². The number of carbonyl (C=O) groups excluding carboxylic acids is 2. The number of esters is 1. The summed E-state index contributed by atoms with van der Waals surface area (Å²) in [6.07, 6.45) is 8.44. The van der Waals surface area contributed by atoms with Crippen LogP contribution in [0.25, 0.3) is 0 Å². The van der Waals surface area contributed by atoms with E-state index >= 15 is 0 Å². The first-order valence-corrected chi connectivity index (χ1v) is 16.7. The highest BCUT2D eigenvalue weighted by Gasteiger charge is 2.49. The summed E-state index contributed by atoms with van der Waals surface area (Å²) in [5.41, 5.74) is 2.59. The molecule has 0 amide bonds. The van der Waals surface area contributed by atoms with E-state index in [9.17, 15) is 9.59 Å². The quantitative estimate of drug-likeness (QED) is 0.123. The molecule has 0 spiro atoms. The molecule has 1 aromatic carbocycles. The smallest absolute Gasteiger partial charge is 0.306 e. The number of Topliss-reactive ketones (excluding diaryl/α,β-unsaturated/α-hetero) is 1. The van der Waals surface area contributed by atoms with Crippen LogP contribution in [0.4, 0.5) is 0 Å². The van der Waals surface area contributed by atoms with Crippen molar-refractivity contribution < 1.29 is 18.8 Å². The van der Waals surface area contributed by atoms with E-state index in [1.54, 1.807) is 0 Å². The fraction of sp³-hybridized carbons (Fsp3) is 0.677. The van der Waals surface area contributed by atoms with Crippen LogP contribution in [0.3, 0.4) is 0 Å². The number of benzene rings is 1. The first kappa shape index (κ1) is 30.5. The van der Waals surface area contributed by atoms with Crippen LogP contribution in [0.15, 0.2) is 36.4 Å². The van der Waals surface area contributed by atoms with Crippen LogP contribution in [0.1, 0.15) is 84.8 Å². The van der Waals surface area contributed by atoms with Crippen molar-refractivity contribution in [2.24, 2.45) is 17.8 Å². The molecule has 2 unspecified atom stereocenters. The second-order valence-electron chi connectivity index (χ2n) is 12.6. The lowest BCUT2D eigenvalue weighted by molar-refractivity contribution is -0.147. The molecule has 0 heterocycles. The summed E-state index contributed by atoms with van der Waals surface area (Å²) in [6.45, 7) is 19.5. The normalized spacial score (nSPS) is 21.9. The van der Waals surface area contributed by atoms with Gasteiger partial charge in [-0.25, -0.2) is 0 Å². The molecule has 1 saturated carbocycles.